The Morgan fingerprint density at radius 3 is 1.02 bits per heavy atom. The molecule has 252 valence electrons. The third-order valence-electron chi connectivity index (χ3n) is 10.8. The Balaban J connectivity index is 1.08. The molecule has 10 aromatic carbocycles. The fraction of sp³-hybridized carbons (Fsp3) is 0. The van der Waals surface area contributed by atoms with Gasteiger partial charge in [-0.05, 0) is 123 Å². The molecule has 0 unspecified atom stereocenters. The summed E-state index contributed by atoms with van der Waals surface area (Å²) in [7, 11) is 0. The van der Waals surface area contributed by atoms with Gasteiger partial charge in [0.1, 0.15) is 0 Å². The summed E-state index contributed by atoms with van der Waals surface area (Å²) >= 11 is 0. The zero-order chi connectivity index (χ0) is 35.8. The lowest BCUT2D eigenvalue weighted by molar-refractivity contribution is 1.58. The van der Waals surface area contributed by atoms with Gasteiger partial charge in [-0.15, -0.1) is 0 Å². The standard InChI is InChI=1S/C54H36/c1-2-15-37(16-3-1)39-19-12-25-45(35-39)53-49-28-6-8-30-51(49)54(52-31-9-7-29-50(52)53)46-26-13-23-43(36-46)41-21-10-20-40(33-41)42-22-11-24-44(34-42)48-32-14-18-38-17-4-5-27-47(38)48/h1-36H. The fourth-order valence-electron chi connectivity index (χ4n) is 8.31. The summed E-state index contributed by atoms with van der Waals surface area (Å²) in [6.45, 7) is 0. The molecule has 0 bridgehead atoms. The Morgan fingerprint density at radius 1 is 0.185 bits per heavy atom. The summed E-state index contributed by atoms with van der Waals surface area (Å²) in [6.07, 6.45) is 0. The van der Waals surface area contributed by atoms with Crippen molar-refractivity contribution in [2.24, 2.45) is 0 Å². The number of hydrogen-bond donors (Lipinski definition) is 0. The molecule has 0 heterocycles. The summed E-state index contributed by atoms with van der Waals surface area (Å²) in [5, 5.41) is 7.57. The van der Waals surface area contributed by atoms with Gasteiger partial charge in [-0.25, -0.2) is 0 Å². The maximum absolute atomic E-state index is 2.37. The van der Waals surface area contributed by atoms with Gasteiger partial charge in [-0.3, -0.25) is 0 Å². The first-order valence-corrected chi connectivity index (χ1v) is 18.7. The molecule has 0 amide bonds. The van der Waals surface area contributed by atoms with Gasteiger partial charge in [0.05, 0.1) is 0 Å². The molecule has 0 aromatic heterocycles. The number of hydrogen-bond acceptors (Lipinski definition) is 0. The van der Waals surface area contributed by atoms with Crippen molar-refractivity contribution in [1.82, 2.24) is 0 Å². The van der Waals surface area contributed by atoms with Crippen LogP contribution in [-0.2, 0) is 0 Å². The maximum Gasteiger partial charge on any atom is -0.00262 e. The number of rotatable bonds is 6. The van der Waals surface area contributed by atoms with Crippen molar-refractivity contribution in [1.29, 1.82) is 0 Å². The largest absolute Gasteiger partial charge is 0.0622 e. The van der Waals surface area contributed by atoms with Crippen molar-refractivity contribution in [2.45, 2.75) is 0 Å². The Labute approximate surface area is 316 Å². The van der Waals surface area contributed by atoms with Gasteiger partial charge in [-0.1, -0.05) is 194 Å². The normalized spacial score (nSPS) is 11.3. The minimum absolute atomic E-state index is 1.20. The topological polar surface area (TPSA) is 0 Å². The summed E-state index contributed by atoms with van der Waals surface area (Å²) in [5.74, 6) is 0. The molecule has 54 heavy (non-hydrogen) atoms. The summed E-state index contributed by atoms with van der Waals surface area (Å²) in [4.78, 5) is 0. The van der Waals surface area contributed by atoms with Crippen LogP contribution in [-0.4, -0.2) is 0 Å². The first kappa shape index (κ1) is 31.7. The molecule has 0 heteroatoms. The molecule has 0 radical (unpaired) electrons. The van der Waals surface area contributed by atoms with E-state index in [2.05, 4.69) is 218 Å². The fourth-order valence-corrected chi connectivity index (χ4v) is 8.31. The highest BCUT2D eigenvalue weighted by atomic mass is 14.2. The van der Waals surface area contributed by atoms with E-state index >= 15 is 0 Å². The van der Waals surface area contributed by atoms with E-state index < -0.39 is 0 Å². The molecule has 0 aliphatic rings. The van der Waals surface area contributed by atoms with Crippen LogP contribution < -0.4 is 0 Å². The zero-order valence-corrected chi connectivity index (χ0v) is 29.8. The van der Waals surface area contributed by atoms with Crippen LogP contribution in [0.25, 0.3) is 99.1 Å². The highest BCUT2D eigenvalue weighted by Gasteiger charge is 2.17. The molecule has 0 nitrogen and oxygen atoms in total. The Hall–Kier alpha value is -7.02. The molecule has 10 rings (SSSR count). The van der Waals surface area contributed by atoms with Crippen LogP contribution in [0.1, 0.15) is 0 Å². The summed E-state index contributed by atoms with van der Waals surface area (Å²) < 4.78 is 0. The molecule has 0 saturated heterocycles. The molecular weight excluding hydrogens is 649 g/mol. The average Bonchev–Trinajstić information content (AvgIpc) is 3.26. The van der Waals surface area contributed by atoms with Crippen LogP contribution in [0, 0.1) is 0 Å². The number of benzene rings is 10. The van der Waals surface area contributed by atoms with E-state index in [4.69, 9.17) is 0 Å². The molecular formula is C54H36. The Bertz CT molecular complexity index is 2920. The molecule has 0 aliphatic heterocycles. The minimum atomic E-state index is 1.20. The maximum atomic E-state index is 2.37. The lowest BCUT2D eigenvalue weighted by Crippen LogP contribution is -1.91. The van der Waals surface area contributed by atoms with Gasteiger partial charge in [-0.2, -0.15) is 0 Å². The summed E-state index contributed by atoms with van der Waals surface area (Å²) in [6, 6.07) is 79.7. The van der Waals surface area contributed by atoms with Gasteiger partial charge in [0, 0.05) is 0 Å². The quantitative estimate of drug-likeness (QED) is 0.153. The van der Waals surface area contributed by atoms with Gasteiger partial charge >= 0.3 is 0 Å². The third-order valence-corrected chi connectivity index (χ3v) is 10.8. The zero-order valence-electron chi connectivity index (χ0n) is 29.8. The first-order chi connectivity index (χ1) is 26.8. The SMILES string of the molecule is c1ccc(-c2cccc(-c3c4ccccc4c(-c4cccc(-c5cccc(-c6cccc(-c7cccc8ccccc78)c6)c5)c4)c4ccccc34)c2)cc1. The monoisotopic (exact) mass is 684 g/mol. The smallest absolute Gasteiger partial charge is 0.00262 e. The Kier molecular flexibility index (Phi) is 7.93. The van der Waals surface area contributed by atoms with E-state index in [-0.39, 0.29) is 0 Å². The predicted molar refractivity (Wildman–Crippen MR) is 232 cm³/mol. The molecule has 0 fully saturated rings. The van der Waals surface area contributed by atoms with E-state index in [0.717, 1.165) is 0 Å². The van der Waals surface area contributed by atoms with E-state index in [0.29, 0.717) is 0 Å². The molecule has 0 saturated carbocycles. The predicted octanol–water partition coefficient (Wildman–Crippen LogP) is 15.1. The van der Waals surface area contributed by atoms with Crippen molar-refractivity contribution in [3.8, 4) is 66.8 Å². The first-order valence-electron chi connectivity index (χ1n) is 18.7. The van der Waals surface area contributed by atoms with Crippen LogP contribution in [0.3, 0.4) is 0 Å². The molecule has 0 spiro atoms. The van der Waals surface area contributed by atoms with Crippen LogP contribution in [0.2, 0.25) is 0 Å². The Morgan fingerprint density at radius 2 is 0.500 bits per heavy atom. The van der Waals surface area contributed by atoms with Crippen molar-refractivity contribution < 1.29 is 0 Å². The van der Waals surface area contributed by atoms with Crippen molar-refractivity contribution in [3.63, 3.8) is 0 Å². The second kappa shape index (κ2) is 13.5. The summed E-state index contributed by atoms with van der Waals surface area (Å²) in [5.41, 5.74) is 14.7. The average molecular weight is 685 g/mol. The van der Waals surface area contributed by atoms with E-state index in [1.54, 1.807) is 0 Å². The lowest BCUT2D eigenvalue weighted by Gasteiger charge is -2.18. The third kappa shape index (κ3) is 5.66. The second-order valence-corrected chi connectivity index (χ2v) is 14.1. The number of fused-ring (bicyclic) bond motifs is 3. The van der Waals surface area contributed by atoms with Crippen LogP contribution in [0.15, 0.2) is 218 Å². The highest BCUT2D eigenvalue weighted by Crippen LogP contribution is 2.45. The molecule has 0 atom stereocenters. The molecule has 10 aromatic rings. The minimum Gasteiger partial charge on any atom is -0.0622 e. The van der Waals surface area contributed by atoms with E-state index in [1.165, 1.54) is 99.1 Å². The van der Waals surface area contributed by atoms with Crippen LogP contribution >= 0.6 is 0 Å². The van der Waals surface area contributed by atoms with Gasteiger partial charge < -0.3 is 0 Å². The highest BCUT2D eigenvalue weighted by molar-refractivity contribution is 6.21. The molecule has 0 N–H and O–H groups in total. The van der Waals surface area contributed by atoms with Gasteiger partial charge in [0.2, 0.25) is 0 Å². The van der Waals surface area contributed by atoms with Gasteiger partial charge in [0.15, 0.2) is 0 Å². The molecule has 0 aliphatic carbocycles. The van der Waals surface area contributed by atoms with Crippen LogP contribution in [0.4, 0.5) is 0 Å². The van der Waals surface area contributed by atoms with Crippen molar-refractivity contribution in [2.75, 3.05) is 0 Å². The second-order valence-electron chi connectivity index (χ2n) is 14.1. The van der Waals surface area contributed by atoms with Crippen molar-refractivity contribution >= 4 is 32.3 Å². The van der Waals surface area contributed by atoms with Crippen LogP contribution in [0.5, 0.6) is 0 Å². The van der Waals surface area contributed by atoms with E-state index in [9.17, 15) is 0 Å². The van der Waals surface area contributed by atoms with Gasteiger partial charge in [0.25, 0.3) is 0 Å². The van der Waals surface area contributed by atoms with E-state index in [1.807, 2.05) is 0 Å². The van der Waals surface area contributed by atoms with Crippen molar-refractivity contribution in [3.05, 3.63) is 218 Å². The lowest BCUT2D eigenvalue weighted by atomic mass is 9.85.